The lowest BCUT2D eigenvalue weighted by Crippen LogP contribution is -3.13. The highest BCUT2D eigenvalue weighted by Gasteiger charge is 2.23. The normalized spacial score (nSPS) is 21.1. The van der Waals surface area contributed by atoms with Crippen molar-refractivity contribution in [3.05, 3.63) is 71.8 Å². The first-order valence-electron chi connectivity index (χ1n) is 8.34. The van der Waals surface area contributed by atoms with Crippen molar-refractivity contribution in [2.45, 2.75) is 31.6 Å². The van der Waals surface area contributed by atoms with Crippen LogP contribution in [0.25, 0.3) is 0 Å². The van der Waals surface area contributed by atoms with E-state index in [4.69, 9.17) is 0 Å². The van der Waals surface area contributed by atoms with Gasteiger partial charge < -0.3 is 17.3 Å². The summed E-state index contributed by atoms with van der Waals surface area (Å²) in [6.45, 7) is 4.00. The van der Waals surface area contributed by atoms with E-state index < -0.39 is 0 Å². The monoisotopic (exact) mass is 315 g/mol. The van der Waals surface area contributed by atoms with E-state index in [1.165, 1.54) is 56.4 Å². The van der Waals surface area contributed by atoms with Gasteiger partial charge in [0.05, 0.1) is 19.6 Å². The average Bonchev–Trinajstić information content (AvgIpc) is 2.57. The lowest BCUT2D eigenvalue weighted by Gasteiger charge is -2.30. The summed E-state index contributed by atoms with van der Waals surface area (Å²) in [6.07, 6.45) is 5.27. The minimum absolute atomic E-state index is 0. The molecule has 1 nitrogen and oxygen atoms in total. The summed E-state index contributed by atoms with van der Waals surface area (Å²) in [5.74, 6) is 0.770. The van der Waals surface area contributed by atoms with Gasteiger partial charge in [-0.25, -0.2) is 0 Å². The van der Waals surface area contributed by atoms with Gasteiger partial charge in [-0.3, -0.25) is 0 Å². The second-order valence-electron chi connectivity index (χ2n) is 6.29. The summed E-state index contributed by atoms with van der Waals surface area (Å²) in [7, 11) is 0. The molecule has 22 heavy (non-hydrogen) atoms. The van der Waals surface area contributed by atoms with Crippen LogP contribution in [0.4, 0.5) is 0 Å². The van der Waals surface area contributed by atoms with E-state index >= 15 is 0 Å². The molecule has 0 aromatic heterocycles. The number of piperidine rings is 1. The zero-order valence-electron chi connectivity index (χ0n) is 13.2. The quantitative estimate of drug-likeness (QED) is 0.797. The first-order valence-corrected chi connectivity index (χ1v) is 8.34. The molecule has 0 bridgehead atoms. The molecule has 2 aromatic carbocycles. The predicted molar refractivity (Wildman–Crippen MR) is 88.7 cm³/mol. The molecule has 0 radical (unpaired) electrons. The third-order valence-corrected chi connectivity index (χ3v) is 4.73. The number of quaternary nitrogens is 1. The average molecular weight is 316 g/mol. The van der Waals surface area contributed by atoms with Crippen LogP contribution >= 0.6 is 0 Å². The zero-order valence-corrected chi connectivity index (χ0v) is 13.9. The Bertz CT molecular complexity index is 526. The molecule has 118 valence electrons. The molecule has 1 aliphatic rings. The van der Waals surface area contributed by atoms with Crippen LogP contribution in [0.5, 0.6) is 0 Å². The van der Waals surface area contributed by atoms with Crippen LogP contribution in [-0.4, -0.2) is 19.6 Å². The summed E-state index contributed by atoms with van der Waals surface area (Å²) in [5, 5.41) is 0. The smallest absolute Gasteiger partial charge is 0.0840 e. The Balaban J connectivity index is 0.00000176. The molecular weight excluding hydrogens is 290 g/mol. The third kappa shape index (κ3) is 4.86. The maximum absolute atomic E-state index is 2.30. The highest BCUT2D eigenvalue weighted by molar-refractivity contribution is 5.19. The topological polar surface area (TPSA) is 4.44 Å². The van der Waals surface area contributed by atoms with E-state index in [1.54, 1.807) is 4.90 Å². The highest BCUT2D eigenvalue weighted by Crippen LogP contribution is 2.21. The van der Waals surface area contributed by atoms with E-state index in [-0.39, 0.29) is 12.4 Å². The fourth-order valence-electron chi connectivity index (χ4n) is 3.58. The van der Waals surface area contributed by atoms with Gasteiger partial charge in [-0.15, -0.1) is 0 Å². The van der Waals surface area contributed by atoms with Gasteiger partial charge in [0.1, 0.15) is 0 Å². The molecule has 0 saturated carbocycles. The summed E-state index contributed by atoms with van der Waals surface area (Å²) in [6, 6.07) is 22.0. The number of hydrogen-bond donors (Lipinski definition) is 1. The largest absolute Gasteiger partial charge is 1.00 e. The summed E-state index contributed by atoms with van der Waals surface area (Å²) in [4.78, 5) is 1.80. The number of nitrogens with one attached hydrogen (secondary N) is 1. The van der Waals surface area contributed by atoms with Crippen LogP contribution in [0.2, 0.25) is 0 Å². The number of aryl methyl sites for hydroxylation is 1. The van der Waals surface area contributed by atoms with Crippen LogP contribution in [0, 0.1) is 0 Å². The Labute approximate surface area is 140 Å². The standard InChI is InChI=1S/C20H25N.ClH/c1-3-9-18(10-4-1)11-7-15-21-16-8-14-20(17-21)19-12-5-2-6-13-19;/h1-6,9-10,12-13,20H,7-8,11,14-17H2;1H. The van der Waals surface area contributed by atoms with Crippen molar-refractivity contribution in [1.82, 2.24) is 0 Å². The van der Waals surface area contributed by atoms with Gasteiger partial charge >= 0.3 is 0 Å². The van der Waals surface area contributed by atoms with Crippen LogP contribution in [-0.2, 0) is 6.42 Å². The minimum atomic E-state index is 0. The Kier molecular flexibility index (Phi) is 6.95. The van der Waals surface area contributed by atoms with Crippen molar-refractivity contribution in [2.75, 3.05) is 19.6 Å². The summed E-state index contributed by atoms with van der Waals surface area (Å²) < 4.78 is 0. The maximum atomic E-state index is 2.30. The molecule has 2 aromatic rings. The van der Waals surface area contributed by atoms with E-state index in [9.17, 15) is 0 Å². The first kappa shape index (κ1) is 17.1. The Morgan fingerprint density at radius 1 is 0.909 bits per heavy atom. The minimum Gasteiger partial charge on any atom is -1.00 e. The summed E-state index contributed by atoms with van der Waals surface area (Å²) >= 11 is 0. The molecular formula is C20H26ClN. The van der Waals surface area contributed by atoms with Crippen molar-refractivity contribution in [3.8, 4) is 0 Å². The second kappa shape index (κ2) is 8.97. The maximum Gasteiger partial charge on any atom is 0.0840 e. The van der Waals surface area contributed by atoms with Crippen molar-refractivity contribution < 1.29 is 17.3 Å². The van der Waals surface area contributed by atoms with Crippen molar-refractivity contribution >= 4 is 0 Å². The number of benzene rings is 2. The van der Waals surface area contributed by atoms with Crippen LogP contribution in [0.15, 0.2) is 60.7 Å². The zero-order chi connectivity index (χ0) is 14.3. The first-order chi connectivity index (χ1) is 10.4. The molecule has 2 unspecified atom stereocenters. The number of hydrogen-bond acceptors (Lipinski definition) is 0. The van der Waals surface area contributed by atoms with E-state index in [2.05, 4.69) is 60.7 Å². The molecule has 1 heterocycles. The Hall–Kier alpha value is -1.31. The SMILES string of the molecule is [Cl-].c1ccc(CCC[NH+]2CCCC(c3ccccc3)C2)cc1. The fraction of sp³-hybridized carbons (Fsp3) is 0.400. The Morgan fingerprint density at radius 3 is 2.32 bits per heavy atom. The lowest BCUT2D eigenvalue weighted by molar-refractivity contribution is -0.906. The second-order valence-corrected chi connectivity index (χ2v) is 6.29. The predicted octanol–water partition coefficient (Wildman–Crippen LogP) is 0.0857. The molecule has 0 aliphatic carbocycles. The van der Waals surface area contributed by atoms with Gasteiger partial charge in [-0.05, 0) is 30.4 Å². The number of rotatable bonds is 5. The van der Waals surface area contributed by atoms with Gasteiger partial charge in [0, 0.05) is 12.3 Å². The molecule has 2 heteroatoms. The van der Waals surface area contributed by atoms with Crippen LogP contribution in [0.1, 0.15) is 36.3 Å². The molecule has 3 rings (SSSR count). The fourth-order valence-corrected chi connectivity index (χ4v) is 3.58. The van der Waals surface area contributed by atoms with Gasteiger partial charge in [0.15, 0.2) is 0 Å². The van der Waals surface area contributed by atoms with Gasteiger partial charge in [-0.2, -0.15) is 0 Å². The lowest BCUT2D eigenvalue weighted by atomic mass is 9.90. The Morgan fingerprint density at radius 2 is 1.59 bits per heavy atom. The van der Waals surface area contributed by atoms with Gasteiger partial charge in [0.2, 0.25) is 0 Å². The van der Waals surface area contributed by atoms with Crippen molar-refractivity contribution in [2.24, 2.45) is 0 Å². The van der Waals surface area contributed by atoms with Gasteiger partial charge in [0.25, 0.3) is 0 Å². The van der Waals surface area contributed by atoms with Crippen molar-refractivity contribution in [1.29, 1.82) is 0 Å². The van der Waals surface area contributed by atoms with Crippen LogP contribution < -0.4 is 17.3 Å². The number of halogens is 1. The van der Waals surface area contributed by atoms with Gasteiger partial charge in [-0.1, -0.05) is 60.7 Å². The third-order valence-electron chi connectivity index (χ3n) is 4.73. The van der Waals surface area contributed by atoms with Crippen molar-refractivity contribution in [3.63, 3.8) is 0 Å². The molecule has 1 aliphatic heterocycles. The molecule has 0 amide bonds. The molecule has 2 atom stereocenters. The molecule has 0 spiro atoms. The van der Waals surface area contributed by atoms with Crippen LogP contribution in [0.3, 0.4) is 0 Å². The molecule has 1 N–H and O–H groups in total. The molecule has 1 fully saturated rings. The summed E-state index contributed by atoms with van der Waals surface area (Å²) in [5.41, 5.74) is 3.02. The van der Waals surface area contributed by atoms with E-state index in [0.717, 1.165) is 5.92 Å². The van der Waals surface area contributed by atoms with E-state index in [0.29, 0.717) is 0 Å². The van der Waals surface area contributed by atoms with E-state index in [1.807, 2.05) is 0 Å². The number of likely N-dealkylation sites (tertiary alicyclic amines) is 1. The highest BCUT2D eigenvalue weighted by atomic mass is 35.5. The molecule has 1 saturated heterocycles.